The molecule has 21 heavy (non-hydrogen) atoms. The van der Waals surface area contributed by atoms with Crippen LogP contribution in [-0.4, -0.2) is 15.9 Å². The second-order valence-corrected chi connectivity index (χ2v) is 6.46. The first-order chi connectivity index (χ1) is 9.90. The Hall–Kier alpha value is -1.49. The zero-order chi connectivity index (χ0) is 15.6. The first-order valence-corrected chi connectivity index (χ1v) is 7.73. The minimum absolute atomic E-state index is 0.201. The third kappa shape index (κ3) is 3.59. The minimum Gasteiger partial charge on any atom is -0.308 e. The summed E-state index contributed by atoms with van der Waals surface area (Å²) < 4.78 is 0. The molecule has 0 bridgehead atoms. The molecule has 1 aromatic rings. The Balaban J connectivity index is 2.04. The molecule has 1 aliphatic carbocycles. The lowest BCUT2D eigenvalue weighted by Crippen LogP contribution is -2.36. The van der Waals surface area contributed by atoms with Crippen molar-refractivity contribution >= 4 is 5.69 Å². The quantitative estimate of drug-likeness (QED) is 0.680. The molecule has 3 atom stereocenters. The smallest absolute Gasteiger partial charge is 0.278 e. The lowest BCUT2D eigenvalue weighted by atomic mass is 9.79. The van der Waals surface area contributed by atoms with Gasteiger partial charge in [0.05, 0.1) is 10.6 Å². The van der Waals surface area contributed by atoms with Crippen molar-refractivity contribution in [1.82, 2.24) is 10.3 Å². The summed E-state index contributed by atoms with van der Waals surface area (Å²) in [4.78, 5) is 15.2. The van der Waals surface area contributed by atoms with Crippen molar-refractivity contribution in [3.63, 3.8) is 0 Å². The van der Waals surface area contributed by atoms with Crippen molar-refractivity contribution in [1.29, 1.82) is 0 Å². The molecule has 116 valence electrons. The molecular weight excluding hydrogens is 266 g/mol. The number of aryl methyl sites for hydroxylation is 1. The molecule has 5 heteroatoms. The van der Waals surface area contributed by atoms with E-state index in [1.807, 2.05) is 0 Å². The number of hydrogen-bond acceptors (Lipinski definition) is 4. The van der Waals surface area contributed by atoms with E-state index in [9.17, 15) is 10.1 Å². The summed E-state index contributed by atoms with van der Waals surface area (Å²) >= 11 is 0. The summed E-state index contributed by atoms with van der Waals surface area (Å²) in [6.45, 7) is 8.76. The number of nitrogens with zero attached hydrogens (tertiary/aromatic N) is 2. The van der Waals surface area contributed by atoms with Crippen LogP contribution < -0.4 is 5.32 Å². The number of hydrogen-bond donors (Lipinski definition) is 1. The second-order valence-electron chi connectivity index (χ2n) is 6.46. The van der Waals surface area contributed by atoms with E-state index in [2.05, 4.69) is 24.1 Å². The van der Waals surface area contributed by atoms with E-state index < -0.39 is 0 Å². The standard InChI is InChI=1S/C16H25N3O2/c1-10-5-6-14(7-11(10)2)17-9-15-13(4)16(19(20)21)12(3)8-18-15/h8,10-11,14,17H,5-7,9H2,1-4H3. The maximum Gasteiger partial charge on any atom is 0.278 e. The van der Waals surface area contributed by atoms with Crippen molar-refractivity contribution in [2.45, 2.75) is 59.5 Å². The van der Waals surface area contributed by atoms with Crippen LogP contribution in [0, 0.1) is 35.8 Å². The van der Waals surface area contributed by atoms with Gasteiger partial charge in [0.1, 0.15) is 0 Å². The highest BCUT2D eigenvalue weighted by molar-refractivity contribution is 5.47. The zero-order valence-electron chi connectivity index (χ0n) is 13.3. The van der Waals surface area contributed by atoms with Gasteiger partial charge >= 0.3 is 0 Å². The van der Waals surface area contributed by atoms with Crippen LogP contribution in [-0.2, 0) is 6.54 Å². The van der Waals surface area contributed by atoms with E-state index in [-0.39, 0.29) is 10.6 Å². The summed E-state index contributed by atoms with van der Waals surface area (Å²) in [5.41, 5.74) is 2.30. The topological polar surface area (TPSA) is 68.1 Å². The molecule has 3 unspecified atom stereocenters. The SMILES string of the molecule is Cc1cnc(CNC2CCC(C)C(C)C2)c(C)c1[N+](=O)[O-]. The third-order valence-corrected chi connectivity index (χ3v) is 4.91. The van der Waals surface area contributed by atoms with Crippen LogP contribution in [0.15, 0.2) is 6.20 Å². The molecule has 0 aromatic carbocycles. The Morgan fingerprint density at radius 3 is 2.67 bits per heavy atom. The van der Waals surface area contributed by atoms with Gasteiger partial charge in [-0.3, -0.25) is 15.1 Å². The molecule has 2 rings (SSSR count). The van der Waals surface area contributed by atoms with E-state index in [0.29, 0.717) is 23.7 Å². The van der Waals surface area contributed by atoms with Crippen LogP contribution in [0.25, 0.3) is 0 Å². The third-order valence-electron chi connectivity index (χ3n) is 4.91. The first kappa shape index (κ1) is 15.9. The molecule has 0 radical (unpaired) electrons. The highest BCUT2D eigenvalue weighted by atomic mass is 16.6. The molecule has 0 amide bonds. The van der Waals surface area contributed by atoms with Crippen LogP contribution in [0.2, 0.25) is 0 Å². The average Bonchev–Trinajstić information content (AvgIpc) is 2.41. The maximum absolute atomic E-state index is 11.1. The predicted molar refractivity (Wildman–Crippen MR) is 83.2 cm³/mol. The van der Waals surface area contributed by atoms with Gasteiger partial charge in [0, 0.05) is 29.9 Å². The fourth-order valence-corrected chi connectivity index (χ4v) is 3.20. The summed E-state index contributed by atoms with van der Waals surface area (Å²) in [6.07, 6.45) is 5.21. The molecular formula is C16H25N3O2. The second kappa shape index (κ2) is 6.52. The van der Waals surface area contributed by atoms with Gasteiger partial charge in [-0.25, -0.2) is 0 Å². The van der Waals surface area contributed by atoms with E-state index in [1.54, 1.807) is 20.0 Å². The van der Waals surface area contributed by atoms with Gasteiger partial charge in [-0.15, -0.1) is 0 Å². The Morgan fingerprint density at radius 2 is 2.05 bits per heavy atom. The molecule has 1 heterocycles. The van der Waals surface area contributed by atoms with Crippen LogP contribution in [0.3, 0.4) is 0 Å². The molecule has 1 aliphatic rings. The van der Waals surface area contributed by atoms with Crippen molar-refractivity contribution in [2.24, 2.45) is 11.8 Å². The molecule has 1 saturated carbocycles. The monoisotopic (exact) mass is 291 g/mol. The Morgan fingerprint density at radius 1 is 1.33 bits per heavy atom. The Kier molecular flexibility index (Phi) is 4.93. The Labute approximate surface area is 126 Å². The molecule has 5 nitrogen and oxygen atoms in total. The van der Waals surface area contributed by atoms with Gasteiger partial charge < -0.3 is 5.32 Å². The first-order valence-electron chi connectivity index (χ1n) is 7.73. The number of nitrogens with one attached hydrogen (secondary N) is 1. The molecule has 1 N–H and O–H groups in total. The van der Waals surface area contributed by atoms with Gasteiger partial charge in [0.15, 0.2) is 0 Å². The molecule has 0 saturated heterocycles. The van der Waals surface area contributed by atoms with Gasteiger partial charge in [-0.2, -0.15) is 0 Å². The highest BCUT2D eigenvalue weighted by Crippen LogP contribution is 2.30. The zero-order valence-corrected chi connectivity index (χ0v) is 13.3. The summed E-state index contributed by atoms with van der Waals surface area (Å²) in [6, 6.07) is 0.498. The summed E-state index contributed by atoms with van der Waals surface area (Å²) in [5, 5.41) is 14.7. The highest BCUT2D eigenvalue weighted by Gasteiger charge is 2.25. The number of nitro groups is 1. The van der Waals surface area contributed by atoms with Crippen LogP contribution in [0.4, 0.5) is 5.69 Å². The fraction of sp³-hybridized carbons (Fsp3) is 0.688. The fourth-order valence-electron chi connectivity index (χ4n) is 3.20. The number of rotatable bonds is 4. The Bertz CT molecular complexity index is 530. The minimum atomic E-state index is -0.305. The van der Waals surface area contributed by atoms with Gasteiger partial charge in [0.25, 0.3) is 5.69 Å². The molecule has 0 spiro atoms. The summed E-state index contributed by atoms with van der Waals surface area (Å²) in [7, 11) is 0. The normalized spacial score (nSPS) is 25.8. The molecule has 1 fully saturated rings. The number of pyridine rings is 1. The van der Waals surface area contributed by atoms with E-state index in [1.165, 1.54) is 19.3 Å². The van der Waals surface area contributed by atoms with Crippen molar-refractivity contribution in [3.05, 3.63) is 33.1 Å². The predicted octanol–water partition coefficient (Wildman–Crippen LogP) is 3.52. The van der Waals surface area contributed by atoms with Crippen molar-refractivity contribution in [3.8, 4) is 0 Å². The lowest BCUT2D eigenvalue weighted by Gasteiger charge is -2.32. The maximum atomic E-state index is 11.1. The van der Waals surface area contributed by atoms with E-state index >= 15 is 0 Å². The lowest BCUT2D eigenvalue weighted by molar-refractivity contribution is -0.386. The molecule has 1 aromatic heterocycles. The van der Waals surface area contributed by atoms with Gasteiger partial charge in [0.2, 0.25) is 0 Å². The van der Waals surface area contributed by atoms with Gasteiger partial charge in [-0.1, -0.05) is 13.8 Å². The average molecular weight is 291 g/mol. The largest absolute Gasteiger partial charge is 0.308 e. The van der Waals surface area contributed by atoms with Crippen molar-refractivity contribution < 1.29 is 4.92 Å². The number of aromatic nitrogens is 1. The molecule has 0 aliphatic heterocycles. The van der Waals surface area contributed by atoms with Crippen molar-refractivity contribution in [2.75, 3.05) is 0 Å². The van der Waals surface area contributed by atoms with Crippen LogP contribution in [0.5, 0.6) is 0 Å². The van der Waals surface area contributed by atoms with Crippen LogP contribution in [0.1, 0.15) is 49.9 Å². The van der Waals surface area contributed by atoms with E-state index in [0.717, 1.165) is 17.5 Å². The summed E-state index contributed by atoms with van der Waals surface area (Å²) in [5.74, 6) is 1.53. The van der Waals surface area contributed by atoms with Crippen LogP contribution >= 0.6 is 0 Å². The van der Waals surface area contributed by atoms with Gasteiger partial charge in [-0.05, 0) is 44.9 Å². The van der Waals surface area contributed by atoms with E-state index in [4.69, 9.17) is 0 Å².